The average Bonchev–Trinajstić information content (AvgIpc) is 2.65. The van der Waals surface area contributed by atoms with Crippen LogP contribution >= 0.6 is 0 Å². The van der Waals surface area contributed by atoms with E-state index in [0.717, 1.165) is 11.3 Å². The minimum atomic E-state index is -0.852. The number of carbonyl (C=O) groups is 1. The number of aromatic nitrogens is 1. The van der Waals surface area contributed by atoms with Crippen molar-refractivity contribution in [3.8, 4) is 5.75 Å². The molecule has 1 amide bonds. The lowest BCUT2D eigenvalue weighted by Gasteiger charge is -2.25. The summed E-state index contributed by atoms with van der Waals surface area (Å²) in [6.07, 6.45) is 2.88. The van der Waals surface area contributed by atoms with Crippen molar-refractivity contribution in [2.75, 3.05) is 6.54 Å². The molecule has 0 aliphatic carbocycles. The Morgan fingerprint density at radius 3 is 2.64 bits per heavy atom. The molecule has 25 heavy (non-hydrogen) atoms. The molecule has 0 fully saturated rings. The van der Waals surface area contributed by atoms with Gasteiger partial charge >= 0.3 is 0 Å². The van der Waals surface area contributed by atoms with Crippen molar-refractivity contribution in [1.82, 2.24) is 10.3 Å². The van der Waals surface area contributed by atoms with E-state index in [2.05, 4.69) is 10.3 Å². The van der Waals surface area contributed by atoms with E-state index in [1.54, 1.807) is 18.3 Å². The number of aliphatic hydroxyl groups is 1. The molecule has 0 spiro atoms. The highest BCUT2D eigenvalue weighted by molar-refractivity contribution is 5.94. The van der Waals surface area contributed by atoms with Crippen molar-refractivity contribution in [1.29, 1.82) is 0 Å². The molecule has 0 aliphatic rings. The van der Waals surface area contributed by atoms with Crippen LogP contribution in [0.2, 0.25) is 0 Å². The smallest absolute Gasteiger partial charge is 0.251 e. The summed E-state index contributed by atoms with van der Waals surface area (Å²) in [7, 11) is 0. The number of aryl methyl sites for hydroxylation is 1. The summed E-state index contributed by atoms with van der Waals surface area (Å²) in [4.78, 5) is 16.5. The maximum Gasteiger partial charge on any atom is 0.251 e. The Morgan fingerprint density at radius 2 is 2.00 bits per heavy atom. The molecule has 1 heterocycles. The van der Waals surface area contributed by atoms with Crippen molar-refractivity contribution >= 4 is 5.91 Å². The van der Waals surface area contributed by atoms with Crippen LogP contribution < -0.4 is 10.1 Å². The Labute approximate surface area is 149 Å². The number of amides is 1. The van der Waals surface area contributed by atoms with Crippen molar-refractivity contribution in [3.63, 3.8) is 0 Å². The maximum absolute atomic E-state index is 12.3. The minimum Gasteiger partial charge on any atom is -0.487 e. The van der Waals surface area contributed by atoms with Crippen LogP contribution in [0.1, 0.15) is 48.3 Å². The van der Waals surface area contributed by atoms with Gasteiger partial charge in [-0.3, -0.25) is 9.78 Å². The zero-order valence-corrected chi connectivity index (χ0v) is 15.1. The number of pyridine rings is 1. The van der Waals surface area contributed by atoms with Gasteiger partial charge in [0.25, 0.3) is 5.91 Å². The predicted octanol–water partition coefficient (Wildman–Crippen LogP) is 3.25. The molecule has 0 radical (unpaired) electrons. The van der Waals surface area contributed by atoms with Gasteiger partial charge in [0.05, 0.1) is 11.8 Å². The molecule has 1 aromatic carbocycles. The number of benzene rings is 1. The van der Waals surface area contributed by atoms with E-state index in [1.165, 1.54) is 0 Å². The third kappa shape index (κ3) is 5.57. The van der Waals surface area contributed by atoms with Gasteiger partial charge in [-0.25, -0.2) is 0 Å². The van der Waals surface area contributed by atoms with Crippen molar-refractivity contribution in [3.05, 3.63) is 59.4 Å². The Bertz CT molecular complexity index is 694. The quantitative estimate of drug-likeness (QED) is 0.772. The molecule has 2 aromatic rings. The second-order valence-electron chi connectivity index (χ2n) is 6.24. The summed E-state index contributed by atoms with van der Waals surface area (Å²) >= 11 is 0. The topological polar surface area (TPSA) is 71.5 Å². The van der Waals surface area contributed by atoms with Gasteiger partial charge in [0, 0.05) is 17.8 Å². The molecule has 134 valence electrons. The first-order chi connectivity index (χ1) is 12.0. The summed E-state index contributed by atoms with van der Waals surface area (Å²) in [5.41, 5.74) is 1.53. The largest absolute Gasteiger partial charge is 0.487 e. The lowest BCUT2D eigenvalue weighted by molar-refractivity contribution is 0.0314. The first kappa shape index (κ1) is 18.9. The van der Waals surface area contributed by atoms with E-state index >= 15 is 0 Å². The molecule has 1 aromatic heterocycles. The molecule has 0 aliphatic heterocycles. The third-order valence-corrected chi connectivity index (χ3v) is 4.37. The number of carbonyl (C=O) groups excluding carboxylic acids is 1. The Balaban J connectivity index is 1.95. The van der Waals surface area contributed by atoms with Gasteiger partial charge in [-0.05, 0) is 49.6 Å². The molecule has 5 nitrogen and oxygen atoms in total. The van der Waals surface area contributed by atoms with Crippen molar-refractivity contribution < 1.29 is 14.6 Å². The minimum absolute atomic E-state index is 0.195. The number of nitrogens with one attached hydrogen (secondary N) is 1. The first-order valence-electron chi connectivity index (χ1n) is 8.61. The fraction of sp³-hybridized carbons (Fsp3) is 0.400. The van der Waals surface area contributed by atoms with Crippen molar-refractivity contribution in [2.24, 2.45) is 0 Å². The molecule has 5 heteroatoms. The van der Waals surface area contributed by atoms with Gasteiger partial charge < -0.3 is 15.2 Å². The Kier molecular flexibility index (Phi) is 6.53. The van der Waals surface area contributed by atoms with E-state index in [9.17, 15) is 9.90 Å². The van der Waals surface area contributed by atoms with Crippen LogP contribution in [-0.2, 0) is 6.61 Å². The highest BCUT2D eigenvalue weighted by Gasteiger charge is 2.23. The number of nitrogens with zero attached hydrogens (tertiary/aromatic N) is 1. The van der Waals surface area contributed by atoms with Gasteiger partial charge in [0.2, 0.25) is 0 Å². The standard InChI is InChI=1S/C20H26N2O3/c1-4-20(24,5-2)14-22-19(23)17-8-6-7-16(11-17)13-25-18-10-9-15(3)21-12-18/h6-12,24H,4-5,13-14H2,1-3H3,(H,22,23). The third-order valence-electron chi connectivity index (χ3n) is 4.37. The lowest BCUT2D eigenvalue weighted by Crippen LogP contribution is -2.42. The maximum atomic E-state index is 12.3. The number of rotatable bonds is 8. The summed E-state index contributed by atoms with van der Waals surface area (Å²) in [6.45, 7) is 6.35. The SMILES string of the molecule is CCC(O)(CC)CNC(=O)c1cccc(COc2ccc(C)nc2)c1. The Hall–Kier alpha value is -2.40. The number of hydrogen-bond acceptors (Lipinski definition) is 4. The molecule has 2 N–H and O–H groups in total. The van der Waals surface area contributed by atoms with E-state index in [-0.39, 0.29) is 12.5 Å². The number of hydrogen-bond donors (Lipinski definition) is 2. The summed E-state index contributed by atoms with van der Waals surface area (Å²) in [5, 5.41) is 13.1. The van der Waals surface area contributed by atoms with Crippen LogP contribution in [0.4, 0.5) is 0 Å². The average molecular weight is 342 g/mol. The molecule has 0 saturated carbocycles. The monoisotopic (exact) mass is 342 g/mol. The Morgan fingerprint density at radius 1 is 1.24 bits per heavy atom. The predicted molar refractivity (Wildman–Crippen MR) is 97.6 cm³/mol. The van der Waals surface area contributed by atoms with Gasteiger partial charge in [-0.1, -0.05) is 26.0 Å². The lowest BCUT2D eigenvalue weighted by atomic mass is 9.97. The molecule has 2 rings (SSSR count). The van der Waals surface area contributed by atoms with Crippen LogP contribution in [0.3, 0.4) is 0 Å². The molecule has 0 unspecified atom stereocenters. The molecule has 0 atom stereocenters. The van der Waals surface area contributed by atoms with Crippen LogP contribution in [0.25, 0.3) is 0 Å². The molecular formula is C20H26N2O3. The fourth-order valence-electron chi connectivity index (χ4n) is 2.36. The van der Waals surface area contributed by atoms with Gasteiger partial charge in [-0.2, -0.15) is 0 Å². The van der Waals surface area contributed by atoms with Crippen LogP contribution in [-0.4, -0.2) is 28.1 Å². The zero-order chi connectivity index (χ0) is 18.3. The number of ether oxygens (including phenoxy) is 1. The van der Waals surface area contributed by atoms with Gasteiger partial charge in [0.15, 0.2) is 0 Å². The second-order valence-corrected chi connectivity index (χ2v) is 6.24. The summed E-state index contributed by atoms with van der Waals surface area (Å²) in [6, 6.07) is 11.0. The van der Waals surface area contributed by atoms with Crippen LogP contribution in [0, 0.1) is 6.92 Å². The molecule has 0 saturated heterocycles. The zero-order valence-electron chi connectivity index (χ0n) is 15.1. The van der Waals surface area contributed by atoms with Crippen LogP contribution in [0.15, 0.2) is 42.6 Å². The highest BCUT2D eigenvalue weighted by Crippen LogP contribution is 2.15. The fourth-order valence-corrected chi connectivity index (χ4v) is 2.36. The van der Waals surface area contributed by atoms with Crippen molar-refractivity contribution in [2.45, 2.75) is 45.8 Å². The molecule has 0 bridgehead atoms. The van der Waals surface area contributed by atoms with Crippen LogP contribution in [0.5, 0.6) is 5.75 Å². The van der Waals surface area contributed by atoms with E-state index in [4.69, 9.17) is 4.74 Å². The van der Waals surface area contributed by atoms with E-state index < -0.39 is 5.60 Å². The summed E-state index contributed by atoms with van der Waals surface area (Å²) in [5.74, 6) is 0.496. The van der Waals surface area contributed by atoms with Gasteiger partial charge in [0.1, 0.15) is 12.4 Å². The van der Waals surface area contributed by atoms with Gasteiger partial charge in [-0.15, -0.1) is 0 Å². The highest BCUT2D eigenvalue weighted by atomic mass is 16.5. The summed E-state index contributed by atoms with van der Waals surface area (Å²) < 4.78 is 5.70. The van der Waals surface area contributed by atoms with E-state index in [1.807, 2.05) is 45.0 Å². The first-order valence-corrected chi connectivity index (χ1v) is 8.61. The molecular weight excluding hydrogens is 316 g/mol. The van der Waals surface area contributed by atoms with E-state index in [0.29, 0.717) is 30.8 Å². The second kappa shape index (κ2) is 8.62. The normalized spacial score (nSPS) is 11.2.